The third-order valence-electron chi connectivity index (χ3n) is 4.53. The highest BCUT2D eigenvalue weighted by molar-refractivity contribution is 7.92. The van der Waals surface area contributed by atoms with Gasteiger partial charge in [0.25, 0.3) is 15.9 Å². The van der Waals surface area contributed by atoms with E-state index in [2.05, 4.69) is 22.2 Å². The van der Waals surface area contributed by atoms with E-state index in [1.165, 1.54) is 41.5 Å². The number of carbonyl (C=O) groups is 1. The summed E-state index contributed by atoms with van der Waals surface area (Å²) < 4.78 is 27.5. The fourth-order valence-corrected chi connectivity index (χ4v) is 4.31. The van der Waals surface area contributed by atoms with Crippen molar-refractivity contribution in [2.45, 2.75) is 24.7 Å². The van der Waals surface area contributed by atoms with Crippen molar-refractivity contribution in [1.82, 2.24) is 5.32 Å². The molecule has 3 aromatic rings. The van der Waals surface area contributed by atoms with Crippen LogP contribution in [0.5, 0.6) is 0 Å². The predicted molar refractivity (Wildman–Crippen MR) is 121 cm³/mol. The van der Waals surface area contributed by atoms with Crippen LogP contribution in [0.3, 0.4) is 0 Å². The molecule has 0 aliphatic heterocycles. The number of amides is 1. The van der Waals surface area contributed by atoms with Gasteiger partial charge < -0.3 is 5.32 Å². The molecule has 0 fully saturated rings. The second-order valence-electron chi connectivity index (χ2n) is 6.96. The van der Waals surface area contributed by atoms with Gasteiger partial charge in [0, 0.05) is 12.2 Å². The highest BCUT2D eigenvalue weighted by Gasteiger charge is 2.16. The van der Waals surface area contributed by atoms with Crippen LogP contribution in [0, 0.1) is 6.92 Å². The first-order chi connectivity index (χ1) is 14.3. The molecular weight excluding hydrogens is 420 g/mol. The van der Waals surface area contributed by atoms with Gasteiger partial charge in [-0.1, -0.05) is 59.6 Å². The number of rotatable bonds is 8. The number of hydrogen-bond donors (Lipinski definition) is 2. The van der Waals surface area contributed by atoms with Crippen molar-refractivity contribution in [2.24, 2.45) is 0 Å². The molecule has 0 atom stereocenters. The summed E-state index contributed by atoms with van der Waals surface area (Å²) in [5.74, 6) is -0.343. The molecule has 30 heavy (non-hydrogen) atoms. The van der Waals surface area contributed by atoms with Gasteiger partial charge in [-0.3, -0.25) is 9.52 Å². The molecule has 0 unspecified atom stereocenters. The molecular formula is C23H23ClN2O3S. The number of anilines is 1. The monoisotopic (exact) mass is 442 g/mol. The Labute approximate surface area is 182 Å². The molecule has 3 rings (SSSR count). The van der Waals surface area contributed by atoms with Gasteiger partial charge >= 0.3 is 0 Å². The number of nitrogens with one attached hydrogen (secondary N) is 2. The van der Waals surface area contributed by atoms with Crippen molar-refractivity contribution in [2.75, 3.05) is 11.3 Å². The lowest BCUT2D eigenvalue weighted by Gasteiger charge is -2.11. The normalized spacial score (nSPS) is 11.1. The molecule has 0 spiro atoms. The number of sulfonamides is 1. The van der Waals surface area contributed by atoms with E-state index in [-0.39, 0.29) is 27.1 Å². The summed E-state index contributed by atoms with van der Waals surface area (Å²) in [6.07, 6.45) is 1.64. The van der Waals surface area contributed by atoms with E-state index < -0.39 is 10.0 Å². The Balaban J connectivity index is 1.62. The quantitative estimate of drug-likeness (QED) is 0.491. The van der Waals surface area contributed by atoms with Crippen LogP contribution in [0.4, 0.5) is 5.69 Å². The van der Waals surface area contributed by atoms with Crippen LogP contribution in [0.15, 0.2) is 77.7 Å². The van der Waals surface area contributed by atoms with Gasteiger partial charge in [-0.25, -0.2) is 8.42 Å². The average Bonchev–Trinajstić information content (AvgIpc) is 2.73. The summed E-state index contributed by atoms with van der Waals surface area (Å²) in [6, 6.07) is 20.8. The first kappa shape index (κ1) is 21.9. The smallest absolute Gasteiger partial charge is 0.261 e. The Hall–Kier alpha value is -2.83. The molecule has 0 saturated heterocycles. The Morgan fingerprint density at radius 3 is 2.47 bits per heavy atom. The molecule has 3 aromatic carbocycles. The van der Waals surface area contributed by atoms with Gasteiger partial charge in [-0.05, 0) is 55.7 Å². The zero-order valence-corrected chi connectivity index (χ0v) is 18.1. The zero-order chi connectivity index (χ0) is 21.6. The van der Waals surface area contributed by atoms with Gasteiger partial charge in [0.05, 0.1) is 15.5 Å². The lowest BCUT2D eigenvalue weighted by molar-refractivity contribution is 0.0953. The molecule has 0 heterocycles. The largest absolute Gasteiger partial charge is 0.352 e. The van der Waals surface area contributed by atoms with Crippen LogP contribution >= 0.6 is 11.6 Å². The van der Waals surface area contributed by atoms with Gasteiger partial charge in [0.1, 0.15) is 0 Å². The summed E-state index contributed by atoms with van der Waals surface area (Å²) in [5.41, 5.74) is 2.92. The molecule has 5 nitrogen and oxygen atoms in total. The van der Waals surface area contributed by atoms with Crippen LogP contribution < -0.4 is 10.0 Å². The number of carbonyl (C=O) groups excluding carboxylic acids is 1. The number of benzene rings is 3. The second kappa shape index (κ2) is 9.78. The molecule has 0 aromatic heterocycles. The number of hydrogen-bond acceptors (Lipinski definition) is 3. The minimum Gasteiger partial charge on any atom is -0.352 e. The van der Waals surface area contributed by atoms with Crippen LogP contribution in [0.25, 0.3) is 0 Å². The molecule has 156 valence electrons. The maximum atomic E-state index is 12.5. The highest BCUT2D eigenvalue weighted by Crippen LogP contribution is 2.23. The second-order valence-corrected chi connectivity index (χ2v) is 9.05. The summed E-state index contributed by atoms with van der Waals surface area (Å²) in [6.45, 7) is 2.54. The Morgan fingerprint density at radius 2 is 1.73 bits per heavy atom. The summed E-state index contributed by atoms with van der Waals surface area (Å²) in [4.78, 5) is 12.7. The van der Waals surface area contributed by atoms with E-state index >= 15 is 0 Å². The Kier molecular flexibility index (Phi) is 7.13. The van der Waals surface area contributed by atoms with E-state index in [0.29, 0.717) is 6.54 Å². The van der Waals surface area contributed by atoms with Crippen LogP contribution in [-0.4, -0.2) is 20.9 Å². The lowest BCUT2D eigenvalue weighted by Crippen LogP contribution is -2.25. The maximum Gasteiger partial charge on any atom is 0.261 e. The minimum atomic E-state index is -3.75. The van der Waals surface area contributed by atoms with Crippen LogP contribution in [-0.2, 0) is 16.4 Å². The van der Waals surface area contributed by atoms with Crippen molar-refractivity contribution in [3.63, 3.8) is 0 Å². The maximum absolute atomic E-state index is 12.5. The average molecular weight is 443 g/mol. The van der Waals surface area contributed by atoms with E-state index in [9.17, 15) is 13.2 Å². The van der Waals surface area contributed by atoms with Gasteiger partial charge in [-0.15, -0.1) is 0 Å². The third kappa shape index (κ3) is 5.84. The van der Waals surface area contributed by atoms with Gasteiger partial charge in [0.15, 0.2) is 0 Å². The first-order valence-electron chi connectivity index (χ1n) is 9.56. The van der Waals surface area contributed by atoms with Gasteiger partial charge in [-0.2, -0.15) is 0 Å². The fourth-order valence-electron chi connectivity index (χ4n) is 3.03. The predicted octanol–water partition coefficient (Wildman–Crippen LogP) is 4.81. The molecule has 0 aliphatic carbocycles. The molecule has 0 aliphatic rings. The Bertz CT molecular complexity index is 1130. The summed E-state index contributed by atoms with van der Waals surface area (Å²) >= 11 is 6.17. The highest BCUT2D eigenvalue weighted by atomic mass is 35.5. The zero-order valence-electron chi connectivity index (χ0n) is 16.6. The first-order valence-corrected chi connectivity index (χ1v) is 11.4. The molecule has 1 amide bonds. The standard InChI is InChI=1S/C23H23ClN2O3S/c1-17-7-5-8-18(15-17)9-6-14-25-23(27)21-16-19(12-13-22(21)24)26-30(28,29)20-10-3-2-4-11-20/h2-5,7-8,10-13,15-16,26H,6,9,14H2,1H3,(H,25,27). The van der Waals surface area contributed by atoms with E-state index in [1.807, 2.05) is 19.1 Å². The number of aryl methyl sites for hydroxylation is 2. The van der Waals surface area contributed by atoms with Crippen LogP contribution in [0.2, 0.25) is 5.02 Å². The topological polar surface area (TPSA) is 75.3 Å². The van der Waals surface area contributed by atoms with Crippen molar-refractivity contribution in [3.8, 4) is 0 Å². The molecule has 0 bridgehead atoms. The summed E-state index contributed by atoms with van der Waals surface area (Å²) in [7, 11) is -3.75. The Morgan fingerprint density at radius 1 is 0.967 bits per heavy atom. The lowest BCUT2D eigenvalue weighted by atomic mass is 10.1. The van der Waals surface area contributed by atoms with Crippen molar-refractivity contribution < 1.29 is 13.2 Å². The van der Waals surface area contributed by atoms with Crippen molar-refractivity contribution >= 4 is 33.2 Å². The molecule has 0 saturated carbocycles. The van der Waals surface area contributed by atoms with E-state index in [0.717, 1.165) is 12.8 Å². The van der Waals surface area contributed by atoms with E-state index in [1.54, 1.807) is 18.2 Å². The van der Waals surface area contributed by atoms with Gasteiger partial charge in [0.2, 0.25) is 0 Å². The fraction of sp³-hybridized carbons (Fsp3) is 0.174. The number of halogens is 1. The molecule has 0 radical (unpaired) electrons. The van der Waals surface area contributed by atoms with Crippen molar-refractivity contribution in [1.29, 1.82) is 0 Å². The van der Waals surface area contributed by atoms with Crippen molar-refractivity contribution in [3.05, 3.63) is 94.5 Å². The van der Waals surface area contributed by atoms with E-state index in [4.69, 9.17) is 11.6 Å². The minimum absolute atomic E-state index is 0.141. The molecule has 2 N–H and O–H groups in total. The SMILES string of the molecule is Cc1cccc(CCCNC(=O)c2cc(NS(=O)(=O)c3ccccc3)ccc2Cl)c1. The third-order valence-corrected chi connectivity index (χ3v) is 6.25. The molecule has 7 heteroatoms. The van der Waals surface area contributed by atoms with Crippen LogP contribution in [0.1, 0.15) is 27.9 Å². The summed E-state index contributed by atoms with van der Waals surface area (Å²) in [5, 5.41) is 3.10.